The molecule has 104 valence electrons. The van der Waals surface area contributed by atoms with E-state index in [4.69, 9.17) is 27.9 Å². The quantitative estimate of drug-likeness (QED) is 0.853. The van der Waals surface area contributed by atoms with E-state index in [1.807, 2.05) is 4.90 Å². The van der Waals surface area contributed by atoms with Crippen LogP contribution in [0.5, 0.6) is 5.75 Å². The zero-order valence-electron chi connectivity index (χ0n) is 10.9. The monoisotopic (exact) mass is 301 g/mol. The summed E-state index contributed by atoms with van der Waals surface area (Å²) in [5.41, 5.74) is 0. The van der Waals surface area contributed by atoms with Gasteiger partial charge in [-0.1, -0.05) is 30.1 Å². The standard InChI is InChI=1S/C14H17Cl2NO2/c1-10-4-6-17(7-5-10)14(18)9-19-11-2-3-12(15)13(16)8-11/h2-3,8,10H,4-7,9H2,1H3. The van der Waals surface area contributed by atoms with E-state index < -0.39 is 0 Å². The summed E-state index contributed by atoms with van der Waals surface area (Å²) < 4.78 is 5.45. The van der Waals surface area contributed by atoms with Crippen LogP contribution in [-0.2, 0) is 4.79 Å². The predicted molar refractivity (Wildman–Crippen MR) is 76.9 cm³/mol. The summed E-state index contributed by atoms with van der Waals surface area (Å²) in [6, 6.07) is 4.99. The Kier molecular flexibility index (Phi) is 4.94. The van der Waals surface area contributed by atoms with Gasteiger partial charge in [0.05, 0.1) is 10.0 Å². The molecule has 1 heterocycles. The highest BCUT2D eigenvalue weighted by Crippen LogP contribution is 2.26. The molecule has 0 aromatic heterocycles. The molecule has 0 bridgehead atoms. The molecule has 0 N–H and O–H groups in total. The number of amides is 1. The minimum Gasteiger partial charge on any atom is -0.484 e. The Bertz CT molecular complexity index is 457. The SMILES string of the molecule is CC1CCN(C(=O)COc2ccc(Cl)c(Cl)c2)CC1. The molecule has 1 saturated heterocycles. The first kappa shape index (κ1) is 14.5. The molecule has 1 aliphatic heterocycles. The second kappa shape index (κ2) is 6.49. The van der Waals surface area contributed by atoms with Crippen LogP contribution in [0.4, 0.5) is 0 Å². The molecule has 19 heavy (non-hydrogen) atoms. The molecular weight excluding hydrogens is 285 g/mol. The number of nitrogens with zero attached hydrogens (tertiary/aromatic N) is 1. The van der Waals surface area contributed by atoms with Crippen LogP contribution in [0.25, 0.3) is 0 Å². The highest BCUT2D eigenvalue weighted by molar-refractivity contribution is 6.42. The van der Waals surface area contributed by atoms with E-state index >= 15 is 0 Å². The molecule has 0 atom stereocenters. The second-order valence-corrected chi connectivity index (χ2v) is 5.74. The molecule has 3 nitrogen and oxygen atoms in total. The zero-order chi connectivity index (χ0) is 13.8. The Morgan fingerprint density at radius 1 is 1.32 bits per heavy atom. The van der Waals surface area contributed by atoms with E-state index in [1.54, 1.807) is 18.2 Å². The summed E-state index contributed by atoms with van der Waals surface area (Å²) >= 11 is 11.7. The van der Waals surface area contributed by atoms with Crippen LogP contribution in [-0.4, -0.2) is 30.5 Å². The van der Waals surface area contributed by atoms with Crippen LogP contribution in [0.15, 0.2) is 18.2 Å². The van der Waals surface area contributed by atoms with E-state index in [-0.39, 0.29) is 12.5 Å². The first-order valence-electron chi connectivity index (χ1n) is 6.42. The van der Waals surface area contributed by atoms with Gasteiger partial charge in [-0.15, -0.1) is 0 Å². The van der Waals surface area contributed by atoms with Gasteiger partial charge in [0.1, 0.15) is 5.75 Å². The van der Waals surface area contributed by atoms with Crippen LogP contribution >= 0.6 is 23.2 Å². The lowest BCUT2D eigenvalue weighted by Gasteiger charge is -2.30. The van der Waals surface area contributed by atoms with Crippen molar-refractivity contribution >= 4 is 29.1 Å². The highest BCUT2D eigenvalue weighted by atomic mass is 35.5. The Balaban J connectivity index is 1.84. The summed E-state index contributed by atoms with van der Waals surface area (Å²) in [6.07, 6.45) is 2.14. The van der Waals surface area contributed by atoms with Crippen molar-refractivity contribution in [2.75, 3.05) is 19.7 Å². The van der Waals surface area contributed by atoms with Gasteiger partial charge in [-0.05, 0) is 30.9 Å². The van der Waals surface area contributed by atoms with Crippen molar-refractivity contribution in [1.29, 1.82) is 0 Å². The summed E-state index contributed by atoms with van der Waals surface area (Å²) in [4.78, 5) is 13.8. The molecule has 2 rings (SSSR count). The number of carbonyl (C=O) groups is 1. The Morgan fingerprint density at radius 3 is 2.63 bits per heavy atom. The molecule has 1 fully saturated rings. The molecule has 5 heteroatoms. The Morgan fingerprint density at radius 2 is 2.00 bits per heavy atom. The number of ether oxygens (including phenoxy) is 1. The maximum absolute atomic E-state index is 12.0. The van der Waals surface area contributed by atoms with Crippen molar-refractivity contribution in [1.82, 2.24) is 4.90 Å². The number of hydrogen-bond donors (Lipinski definition) is 0. The maximum atomic E-state index is 12.0. The predicted octanol–water partition coefficient (Wildman–Crippen LogP) is 3.63. The van der Waals surface area contributed by atoms with Gasteiger partial charge >= 0.3 is 0 Å². The molecular formula is C14H17Cl2NO2. The summed E-state index contributed by atoms with van der Waals surface area (Å²) in [7, 11) is 0. The first-order valence-corrected chi connectivity index (χ1v) is 7.17. The number of piperidine rings is 1. The third-order valence-electron chi connectivity index (χ3n) is 3.39. The molecule has 1 amide bonds. The fourth-order valence-electron chi connectivity index (χ4n) is 2.06. The van der Waals surface area contributed by atoms with Crippen molar-refractivity contribution in [3.8, 4) is 5.75 Å². The lowest BCUT2D eigenvalue weighted by atomic mass is 9.99. The van der Waals surface area contributed by atoms with Crippen LogP contribution in [0.3, 0.4) is 0 Å². The maximum Gasteiger partial charge on any atom is 0.260 e. The van der Waals surface area contributed by atoms with E-state index in [2.05, 4.69) is 6.92 Å². The second-order valence-electron chi connectivity index (χ2n) is 4.93. The number of rotatable bonds is 3. The average Bonchev–Trinajstić information content (AvgIpc) is 2.40. The third kappa shape index (κ3) is 4.02. The van der Waals surface area contributed by atoms with E-state index in [1.165, 1.54) is 0 Å². The lowest BCUT2D eigenvalue weighted by molar-refractivity contribution is -0.134. The van der Waals surface area contributed by atoms with E-state index in [0.29, 0.717) is 21.7 Å². The van der Waals surface area contributed by atoms with E-state index in [0.717, 1.165) is 25.9 Å². The number of benzene rings is 1. The molecule has 1 aromatic rings. The van der Waals surface area contributed by atoms with Gasteiger partial charge < -0.3 is 9.64 Å². The number of hydrogen-bond acceptors (Lipinski definition) is 2. The number of halogens is 2. The van der Waals surface area contributed by atoms with Gasteiger partial charge in [0.15, 0.2) is 6.61 Å². The van der Waals surface area contributed by atoms with E-state index in [9.17, 15) is 4.79 Å². The topological polar surface area (TPSA) is 29.5 Å². The first-order chi connectivity index (χ1) is 9.06. The van der Waals surface area contributed by atoms with Crippen molar-refractivity contribution in [3.63, 3.8) is 0 Å². The normalized spacial score (nSPS) is 16.5. The third-order valence-corrected chi connectivity index (χ3v) is 4.13. The van der Waals surface area contributed by atoms with Crippen LogP contribution in [0.1, 0.15) is 19.8 Å². The smallest absolute Gasteiger partial charge is 0.260 e. The largest absolute Gasteiger partial charge is 0.484 e. The van der Waals surface area contributed by atoms with Gasteiger partial charge in [0.25, 0.3) is 5.91 Å². The molecule has 0 saturated carbocycles. The van der Waals surface area contributed by atoms with Crippen LogP contribution in [0.2, 0.25) is 10.0 Å². The van der Waals surface area contributed by atoms with Crippen LogP contribution in [0, 0.1) is 5.92 Å². The fraction of sp³-hybridized carbons (Fsp3) is 0.500. The number of likely N-dealkylation sites (tertiary alicyclic amines) is 1. The van der Waals surface area contributed by atoms with Crippen molar-refractivity contribution in [3.05, 3.63) is 28.2 Å². The fourth-order valence-corrected chi connectivity index (χ4v) is 2.35. The van der Waals surface area contributed by atoms with Gasteiger partial charge in [0, 0.05) is 19.2 Å². The Hall–Kier alpha value is -0.930. The average molecular weight is 302 g/mol. The molecule has 0 spiro atoms. The van der Waals surface area contributed by atoms with Gasteiger partial charge in [-0.3, -0.25) is 4.79 Å². The lowest BCUT2D eigenvalue weighted by Crippen LogP contribution is -2.40. The molecule has 0 radical (unpaired) electrons. The van der Waals surface area contributed by atoms with Crippen LogP contribution < -0.4 is 4.74 Å². The minimum atomic E-state index is 0.0259. The molecule has 0 unspecified atom stereocenters. The zero-order valence-corrected chi connectivity index (χ0v) is 12.4. The minimum absolute atomic E-state index is 0.0259. The number of carbonyl (C=O) groups excluding carboxylic acids is 1. The molecule has 1 aliphatic rings. The summed E-state index contributed by atoms with van der Waals surface area (Å²) in [6.45, 7) is 3.91. The van der Waals surface area contributed by atoms with Crippen molar-refractivity contribution in [2.45, 2.75) is 19.8 Å². The van der Waals surface area contributed by atoms with Crippen molar-refractivity contribution < 1.29 is 9.53 Å². The molecule has 0 aliphatic carbocycles. The molecule has 1 aromatic carbocycles. The van der Waals surface area contributed by atoms with Crippen molar-refractivity contribution in [2.24, 2.45) is 5.92 Å². The van der Waals surface area contributed by atoms with Gasteiger partial charge in [-0.2, -0.15) is 0 Å². The van der Waals surface area contributed by atoms with Gasteiger partial charge in [0.2, 0.25) is 0 Å². The summed E-state index contributed by atoms with van der Waals surface area (Å²) in [5.74, 6) is 1.30. The van der Waals surface area contributed by atoms with Gasteiger partial charge in [-0.25, -0.2) is 0 Å². The highest BCUT2D eigenvalue weighted by Gasteiger charge is 2.20. The summed E-state index contributed by atoms with van der Waals surface area (Å²) in [5, 5.41) is 0.906. The Labute approximate surface area is 123 Å².